The lowest BCUT2D eigenvalue weighted by atomic mass is 10.1. The number of aryl methyl sites for hydroxylation is 1. The summed E-state index contributed by atoms with van der Waals surface area (Å²) < 4.78 is 32.5. The van der Waals surface area contributed by atoms with Gasteiger partial charge >= 0.3 is 0 Å². The van der Waals surface area contributed by atoms with Gasteiger partial charge in [0.2, 0.25) is 10.0 Å². The molecule has 1 fully saturated rings. The molecule has 0 aromatic heterocycles. The van der Waals surface area contributed by atoms with E-state index in [9.17, 15) is 8.42 Å². The minimum atomic E-state index is -3.35. The summed E-state index contributed by atoms with van der Waals surface area (Å²) in [5, 5.41) is 3.25. The molecule has 1 heterocycles. The third-order valence-electron chi connectivity index (χ3n) is 4.76. The summed E-state index contributed by atoms with van der Waals surface area (Å²) in [7, 11) is -1.39. The van der Waals surface area contributed by atoms with Gasteiger partial charge in [0.15, 0.2) is 5.96 Å². The fourth-order valence-corrected chi connectivity index (χ4v) is 4.80. The van der Waals surface area contributed by atoms with Crippen molar-refractivity contribution in [1.29, 1.82) is 0 Å². The highest BCUT2D eigenvalue weighted by Gasteiger charge is 2.30. The van der Waals surface area contributed by atoms with Crippen LogP contribution < -0.4 is 5.32 Å². The second-order valence-corrected chi connectivity index (χ2v) is 9.50. The predicted molar refractivity (Wildman–Crippen MR) is 129 cm³/mol. The molecule has 1 N–H and O–H groups in total. The molecule has 2 unspecified atom stereocenters. The Hall–Kier alpha value is -0.910. The molecule has 2 rings (SSSR count). The van der Waals surface area contributed by atoms with E-state index >= 15 is 0 Å². The molecule has 0 bridgehead atoms. The lowest BCUT2D eigenvalue weighted by molar-refractivity contribution is -0.0440. The molecule has 1 aromatic rings. The monoisotopic (exact) mass is 538 g/mol. The first-order valence-electron chi connectivity index (χ1n) is 9.90. The maximum Gasteiger partial charge on any atom is 0.216 e. The maximum atomic E-state index is 12.7. The maximum absolute atomic E-state index is 12.7. The van der Waals surface area contributed by atoms with Crippen molar-refractivity contribution in [1.82, 2.24) is 14.5 Å². The Balaban J connectivity index is 0.00000420. The van der Waals surface area contributed by atoms with Gasteiger partial charge < -0.3 is 15.0 Å². The largest absolute Gasteiger partial charge is 0.373 e. The molecule has 2 atom stereocenters. The fourth-order valence-electron chi connectivity index (χ4n) is 3.34. The molecule has 166 valence electrons. The van der Waals surface area contributed by atoms with E-state index in [1.807, 2.05) is 44.9 Å². The second kappa shape index (κ2) is 12.1. The average molecular weight is 538 g/mol. The van der Waals surface area contributed by atoms with Crippen molar-refractivity contribution < 1.29 is 13.2 Å². The van der Waals surface area contributed by atoms with E-state index in [0.717, 1.165) is 6.54 Å². The van der Waals surface area contributed by atoms with Crippen molar-refractivity contribution in [2.75, 3.05) is 39.0 Å². The number of hydrogen-bond acceptors (Lipinski definition) is 4. The Labute approximate surface area is 193 Å². The third kappa shape index (κ3) is 8.03. The van der Waals surface area contributed by atoms with Gasteiger partial charge in [-0.3, -0.25) is 4.99 Å². The molecular weight excluding hydrogens is 503 g/mol. The highest BCUT2D eigenvalue weighted by molar-refractivity contribution is 14.0. The van der Waals surface area contributed by atoms with Crippen LogP contribution in [-0.4, -0.2) is 74.8 Å². The van der Waals surface area contributed by atoms with E-state index in [4.69, 9.17) is 4.74 Å². The zero-order chi connectivity index (χ0) is 20.7. The Morgan fingerprint density at radius 1 is 1.28 bits per heavy atom. The fraction of sp³-hybridized carbons (Fsp3) is 0.650. The quantitative estimate of drug-likeness (QED) is 0.328. The van der Waals surface area contributed by atoms with Gasteiger partial charge in [0.25, 0.3) is 0 Å². The van der Waals surface area contributed by atoms with Gasteiger partial charge in [0, 0.05) is 33.2 Å². The van der Waals surface area contributed by atoms with Crippen LogP contribution in [-0.2, 0) is 21.3 Å². The van der Waals surface area contributed by atoms with Crippen molar-refractivity contribution in [3.05, 3.63) is 35.4 Å². The van der Waals surface area contributed by atoms with Gasteiger partial charge in [-0.1, -0.05) is 24.3 Å². The minimum absolute atomic E-state index is 0. The molecule has 1 aromatic carbocycles. The molecule has 0 radical (unpaired) electrons. The summed E-state index contributed by atoms with van der Waals surface area (Å²) in [4.78, 5) is 6.58. The van der Waals surface area contributed by atoms with Crippen LogP contribution in [0.5, 0.6) is 0 Å². The molecule has 7 nitrogen and oxygen atoms in total. The number of rotatable bonds is 7. The molecule has 1 aliphatic heterocycles. The van der Waals surface area contributed by atoms with E-state index in [1.54, 1.807) is 0 Å². The normalized spacial score (nSPS) is 20.8. The van der Waals surface area contributed by atoms with E-state index in [-0.39, 0.29) is 48.5 Å². The zero-order valence-corrected chi connectivity index (χ0v) is 21.2. The topological polar surface area (TPSA) is 74.2 Å². The standard InChI is InChI=1S/C20H34N4O3S.HI/c1-6-21-20(23(5)15-19-10-8-7-9-16(19)2)22-11-12-28(25,26)24-13-17(3)27-18(4)14-24;/h7-10,17-18H,6,11-15H2,1-5H3,(H,21,22);1H. The van der Waals surface area contributed by atoms with Crippen molar-refractivity contribution in [2.24, 2.45) is 4.99 Å². The summed E-state index contributed by atoms with van der Waals surface area (Å²) in [5.74, 6) is 0.712. The number of aliphatic imine (C=N–C) groups is 1. The lowest BCUT2D eigenvalue weighted by Crippen LogP contribution is -2.49. The molecule has 0 amide bonds. The number of morpholine rings is 1. The van der Waals surface area contributed by atoms with Gasteiger partial charge in [0.1, 0.15) is 0 Å². The van der Waals surface area contributed by atoms with Crippen LogP contribution in [0.25, 0.3) is 0 Å². The number of hydrogen-bond donors (Lipinski definition) is 1. The van der Waals surface area contributed by atoms with Crippen LogP contribution in [0.3, 0.4) is 0 Å². The van der Waals surface area contributed by atoms with Crippen LogP contribution in [0, 0.1) is 6.92 Å². The number of ether oxygens (including phenoxy) is 1. The predicted octanol–water partition coefficient (Wildman–Crippen LogP) is 2.45. The number of guanidine groups is 1. The van der Waals surface area contributed by atoms with Crippen LogP contribution >= 0.6 is 24.0 Å². The van der Waals surface area contributed by atoms with Crippen molar-refractivity contribution >= 4 is 40.0 Å². The molecule has 9 heteroatoms. The van der Waals surface area contributed by atoms with Crippen molar-refractivity contribution in [2.45, 2.75) is 46.4 Å². The Kier molecular flexibility index (Phi) is 10.9. The molecule has 0 spiro atoms. The Morgan fingerprint density at radius 2 is 1.90 bits per heavy atom. The third-order valence-corrected chi connectivity index (χ3v) is 6.54. The van der Waals surface area contributed by atoms with Gasteiger partial charge in [-0.15, -0.1) is 24.0 Å². The Morgan fingerprint density at radius 3 is 2.48 bits per heavy atom. The molecule has 0 aliphatic carbocycles. The number of benzene rings is 1. The number of halogens is 1. The van der Waals surface area contributed by atoms with Gasteiger partial charge in [-0.25, -0.2) is 8.42 Å². The average Bonchev–Trinajstić information content (AvgIpc) is 2.62. The lowest BCUT2D eigenvalue weighted by Gasteiger charge is -2.34. The van der Waals surface area contributed by atoms with Crippen LogP contribution in [0.4, 0.5) is 0 Å². The summed E-state index contributed by atoms with van der Waals surface area (Å²) in [6.07, 6.45) is -0.167. The SMILES string of the molecule is CCNC(=NCCS(=O)(=O)N1CC(C)OC(C)C1)N(C)Cc1ccccc1C.I. The summed E-state index contributed by atoms with van der Waals surface area (Å²) in [5.41, 5.74) is 2.45. The summed E-state index contributed by atoms with van der Waals surface area (Å²) >= 11 is 0. The second-order valence-electron chi connectivity index (χ2n) is 7.41. The number of nitrogens with one attached hydrogen (secondary N) is 1. The number of sulfonamides is 1. The first kappa shape index (κ1) is 26.1. The summed E-state index contributed by atoms with van der Waals surface area (Å²) in [6.45, 7) is 10.4. The Bertz CT molecular complexity index is 763. The minimum Gasteiger partial charge on any atom is -0.373 e. The van der Waals surface area contributed by atoms with Gasteiger partial charge in [-0.05, 0) is 38.8 Å². The van der Waals surface area contributed by atoms with E-state index < -0.39 is 10.0 Å². The van der Waals surface area contributed by atoms with E-state index in [1.165, 1.54) is 15.4 Å². The highest BCUT2D eigenvalue weighted by Crippen LogP contribution is 2.15. The first-order valence-corrected chi connectivity index (χ1v) is 11.5. The number of nitrogens with zero attached hydrogens (tertiary/aromatic N) is 3. The van der Waals surface area contributed by atoms with Crippen LogP contribution in [0.2, 0.25) is 0 Å². The molecular formula is C20H35IN4O3S. The highest BCUT2D eigenvalue weighted by atomic mass is 127. The first-order chi connectivity index (χ1) is 13.2. The smallest absolute Gasteiger partial charge is 0.216 e. The zero-order valence-electron chi connectivity index (χ0n) is 18.1. The van der Waals surface area contributed by atoms with Gasteiger partial charge in [-0.2, -0.15) is 4.31 Å². The molecule has 0 saturated carbocycles. The van der Waals surface area contributed by atoms with E-state index in [0.29, 0.717) is 25.6 Å². The summed E-state index contributed by atoms with van der Waals surface area (Å²) in [6, 6.07) is 8.23. The molecule has 1 aliphatic rings. The van der Waals surface area contributed by atoms with Crippen molar-refractivity contribution in [3.8, 4) is 0 Å². The van der Waals surface area contributed by atoms with E-state index in [2.05, 4.69) is 29.4 Å². The van der Waals surface area contributed by atoms with Gasteiger partial charge in [0.05, 0.1) is 24.5 Å². The molecule has 29 heavy (non-hydrogen) atoms. The molecule has 1 saturated heterocycles. The van der Waals surface area contributed by atoms with Crippen molar-refractivity contribution in [3.63, 3.8) is 0 Å². The van der Waals surface area contributed by atoms with Crippen LogP contribution in [0.1, 0.15) is 31.9 Å². The van der Waals surface area contributed by atoms with Crippen LogP contribution in [0.15, 0.2) is 29.3 Å².